The molecule has 0 radical (unpaired) electrons. The third-order valence-electron chi connectivity index (χ3n) is 2.64. The maximum absolute atomic E-state index is 11.3. The Balaban J connectivity index is 2.07. The Bertz CT molecular complexity index is 591. The maximum atomic E-state index is 11.3. The van der Waals surface area contributed by atoms with E-state index in [1.54, 1.807) is 12.4 Å². The summed E-state index contributed by atoms with van der Waals surface area (Å²) in [7, 11) is 0. The number of carbonyl (C=O) groups is 1. The Morgan fingerprint density at radius 1 is 1.37 bits per heavy atom. The van der Waals surface area contributed by atoms with Crippen molar-refractivity contribution in [3.8, 4) is 0 Å². The molecule has 0 saturated carbocycles. The molecule has 2 rings (SSSR count). The van der Waals surface area contributed by atoms with Crippen LogP contribution in [0.2, 0.25) is 0 Å². The lowest BCUT2D eigenvalue weighted by atomic mass is 10.1. The fourth-order valence-electron chi connectivity index (χ4n) is 1.70. The summed E-state index contributed by atoms with van der Waals surface area (Å²) in [5, 5.41) is 13.5. The van der Waals surface area contributed by atoms with Crippen molar-refractivity contribution in [3.63, 3.8) is 0 Å². The molecule has 0 aliphatic carbocycles. The highest BCUT2D eigenvalue weighted by molar-refractivity contribution is 5.98. The molecule has 1 aromatic heterocycles. The Morgan fingerprint density at radius 3 is 3.05 bits per heavy atom. The normalized spacial score (nSPS) is 11.0. The highest BCUT2D eigenvalue weighted by Crippen LogP contribution is 2.13. The predicted octanol–water partition coefficient (Wildman–Crippen LogP) is 1.46. The Morgan fingerprint density at radius 2 is 2.21 bits per heavy atom. The van der Waals surface area contributed by atoms with E-state index >= 15 is 0 Å². The summed E-state index contributed by atoms with van der Waals surface area (Å²) in [5.41, 5.74) is 4.21. The van der Waals surface area contributed by atoms with Crippen LogP contribution in [0, 0.1) is 0 Å². The van der Waals surface area contributed by atoms with E-state index in [4.69, 9.17) is 5.11 Å². The first-order valence-corrected chi connectivity index (χ1v) is 6.08. The fourth-order valence-corrected chi connectivity index (χ4v) is 1.70. The molecule has 0 bridgehead atoms. The number of benzene rings is 1. The highest BCUT2D eigenvalue weighted by Gasteiger charge is 2.00. The fraction of sp³-hybridized carbons (Fsp3) is 0.214. The van der Waals surface area contributed by atoms with Gasteiger partial charge in [-0.25, -0.2) is 5.43 Å². The lowest BCUT2D eigenvalue weighted by Gasteiger charge is -2.01. The molecular weight excluding hydrogens is 242 g/mol. The highest BCUT2D eigenvalue weighted by atomic mass is 16.3. The predicted molar refractivity (Wildman–Crippen MR) is 73.8 cm³/mol. The zero-order valence-electron chi connectivity index (χ0n) is 10.4. The molecule has 5 heteroatoms. The molecule has 0 saturated heterocycles. The monoisotopic (exact) mass is 257 g/mol. The second kappa shape index (κ2) is 6.61. The molecule has 98 valence electrons. The van der Waals surface area contributed by atoms with Crippen LogP contribution in [0.3, 0.4) is 0 Å². The minimum Gasteiger partial charge on any atom is -0.396 e. The molecule has 19 heavy (non-hydrogen) atoms. The van der Waals surface area contributed by atoms with Crippen LogP contribution in [0.25, 0.3) is 10.9 Å². The van der Waals surface area contributed by atoms with Crippen LogP contribution in [0.1, 0.15) is 18.4 Å². The van der Waals surface area contributed by atoms with Gasteiger partial charge in [0.15, 0.2) is 0 Å². The number of hydrogen-bond acceptors (Lipinski definition) is 4. The molecule has 0 atom stereocenters. The van der Waals surface area contributed by atoms with E-state index in [-0.39, 0.29) is 18.9 Å². The number of hydrazone groups is 1. The minimum atomic E-state index is -0.205. The van der Waals surface area contributed by atoms with Crippen LogP contribution in [-0.2, 0) is 4.79 Å². The van der Waals surface area contributed by atoms with E-state index in [1.165, 1.54) is 0 Å². The van der Waals surface area contributed by atoms with Crippen molar-refractivity contribution < 1.29 is 9.90 Å². The Hall–Kier alpha value is -2.27. The molecule has 0 spiro atoms. The van der Waals surface area contributed by atoms with Gasteiger partial charge in [0.25, 0.3) is 0 Å². The number of pyridine rings is 1. The third kappa shape index (κ3) is 3.59. The van der Waals surface area contributed by atoms with Gasteiger partial charge in [-0.05, 0) is 18.6 Å². The van der Waals surface area contributed by atoms with Gasteiger partial charge in [0, 0.05) is 30.2 Å². The molecular formula is C14H15N3O2. The van der Waals surface area contributed by atoms with Crippen molar-refractivity contribution in [2.24, 2.45) is 5.10 Å². The van der Waals surface area contributed by atoms with Gasteiger partial charge in [0.05, 0.1) is 11.7 Å². The second-order valence-electron chi connectivity index (χ2n) is 4.04. The SMILES string of the molecule is O=C(CCCO)N/N=C/c1ccnc2ccccc12. The number of nitrogens with one attached hydrogen (secondary N) is 1. The molecule has 5 nitrogen and oxygen atoms in total. The average molecular weight is 257 g/mol. The minimum absolute atomic E-state index is 0.00608. The molecule has 1 aromatic carbocycles. The topological polar surface area (TPSA) is 74.6 Å². The van der Waals surface area contributed by atoms with Gasteiger partial charge >= 0.3 is 0 Å². The number of aliphatic hydroxyl groups excluding tert-OH is 1. The van der Waals surface area contributed by atoms with Gasteiger partial charge < -0.3 is 5.11 Å². The van der Waals surface area contributed by atoms with Crippen molar-refractivity contribution in [1.29, 1.82) is 0 Å². The van der Waals surface area contributed by atoms with Crippen molar-refractivity contribution in [3.05, 3.63) is 42.1 Å². The molecule has 2 N–H and O–H groups in total. The van der Waals surface area contributed by atoms with Crippen LogP contribution < -0.4 is 5.43 Å². The van der Waals surface area contributed by atoms with Gasteiger partial charge in [-0.2, -0.15) is 5.10 Å². The summed E-state index contributed by atoms with van der Waals surface area (Å²) in [4.78, 5) is 15.6. The molecule has 0 aliphatic heterocycles. The smallest absolute Gasteiger partial charge is 0.240 e. The Labute approximate surface area is 111 Å². The van der Waals surface area contributed by atoms with Crippen LogP contribution >= 0.6 is 0 Å². The second-order valence-corrected chi connectivity index (χ2v) is 4.04. The summed E-state index contributed by atoms with van der Waals surface area (Å²) in [6, 6.07) is 9.57. The summed E-state index contributed by atoms with van der Waals surface area (Å²) in [6.45, 7) is 0.00608. The summed E-state index contributed by atoms with van der Waals surface area (Å²) < 4.78 is 0. The first-order valence-electron chi connectivity index (χ1n) is 6.08. The van der Waals surface area contributed by atoms with E-state index < -0.39 is 0 Å². The summed E-state index contributed by atoms with van der Waals surface area (Å²) in [5.74, 6) is -0.205. The van der Waals surface area contributed by atoms with Crippen molar-refractivity contribution in [2.45, 2.75) is 12.8 Å². The molecule has 1 heterocycles. The number of nitrogens with zero attached hydrogens (tertiary/aromatic N) is 2. The number of hydrogen-bond donors (Lipinski definition) is 2. The number of amides is 1. The van der Waals surface area contributed by atoms with E-state index in [0.29, 0.717) is 6.42 Å². The molecule has 0 unspecified atom stereocenters. The van der Waals surface area contributed by atoms with E-state index in [1.807, 2.05) is 30.3 Å². The zero-order valence-corrected chi connectivity index (χ0v) is 10.4. The molecule has 1 amide bonds. The average Bonchev–Trinajstić information content (AvgIpc) is 2.45. The van der Waals surface area contributed by atoms with Crippen LogP contribution in [0.15, 0.2) is 41.6 Å². The molecule has 0 fully saturated rings. The number of fused-ring (bicyclic) bond motifs is 1. The van der Waals surface area contributed by atoms with Crippen LogP contribution in [-0.4, -0.2) is 28.8 Å². The molecule has 2 aromatic rings. The first kappa shape index (κ1) is 13.2. The van der Waals surface area contributed by atoms with Crippen molar-refractivity contribution in [2.75, 3.05) is 6.61 Å². The van der Waals surface area contributed by atoms with Gasteiger partial charge in [-0.1, -0.05) is 18.2 Å². The number of para-hydroxylation sites is 1. The maximum Gasteiger partial charge on any atom is 0.240 e. The Kier molecular flexibility index (Phi) is 4.58. The number of carbonyl (C=O) groups excluding carboxylic acids is 1. The lowest BCUT2D eigenvalue weighted by Crippen LogP contribution is -2.17. The summed E-state index contributed by atoms with van der Waals surface area (Å²) in [6.07, 6.45) is 4.02. The zero-order chi connectivity index (χ0) is 13.5. The van der Waals surface area contributed by atoms with Gasteiger partial charge in [0.1, 0.15) is 0 Å². The number of aromatic nitrogens is 1. The quantitative estimate of drug-likeness (QED) is 0.629. The largest absolute Gasteiger partial charge is 0.396 e. The summed E-state index contributed by atoms with van der Waals surface area (Å²) >= 11 is 0. The molecule has 0 aliphatic rings. The third-order valence-corrected chi connectivity index (χ3v) is 2.64. The van der Waals surface area contributed by atoms with Crippen molar-refractivity contribution >= 4 is 23.0 Å². The van der Waals surface area contributed by atoms with E-state index in [2.05, 4.69) is 15.5 Å². The van der Waals surface area contributed by atoms with Gasteiger partial charge in [-0.15, -0.1) is 0 Å². The number of aliphatic hydroxyl groups is 1. The standard InChI is InChI=1S/C14H15N3O2/c18-9-3-6-14(19)17-16-10-11-7-8-15-13-5-2-1-4-12(11)13/h1-2,4-5,7-8,10,18H,3,6,9H2,(H,17,19)/b16-10+. The van der Waals surface area contributed by atoms with E-state index in [0.717, 1.165) is 16.5 Å². The lowest BCUT2D eigenvalue weighted by molar-refractivity contribution is -0.121. The van der Waals surface area contributed by atoms with Gasteiger partial charge in [-0.3, -0.25) is 9.78 Å². The first-order chi connectivity index (χ1) is 9.31. The van der Waals surface area contributed by atoms with Crippen LogP contribution in [0.5, 0.6) is 0 Å². The van der Waals surface area contributed by atoms with Crippen LogP contribution in [0.4, 0.5) is 0 Å². The number of rotatable bonds is 5. The van der Waals surface area contributed by atoms with Gasteiger partial charge in [0.2, 0.25) is 5.91 Å². The van der Waals surface area contributed by atoms with E-state index in [9.17, 15) is 4.79 Å². The van der Waals surface area contributed by atoms with Crippen molar-refractivity contribution in [1.82, 2.24) is 10.4 Å².